The number of rotatable bonds is 5. The minimum Gasteiger partial charge on any atom is -0.349 e. The molecule has 0 bridgehead atoms. The Hall–Kier alpha value is -3.16. The average molecular weight is 428 g/mol. The second kappa shape index (κ2) is 8.17. The number of benzene rings is 2. The first-order valence-electron chi connectivity index (χ1n) is 10.2. The second-order valence-electron chi connectivity index (χ2n) is 7.99. The highest BCUT2D eigenvalue weighted by Gasteiger charge is 2.44. The quantitative estimate of drug-likeness (QED) is 0.624. The predicted molar refractivity (Wildman–Crippen MR) is 110 cm³/mol. The molecule has 1 amide bonds. The highest BCUT2D eigenvalue weighted by Crippen LogP contribution is 2.43. The van der Waals surface area contributed by atoms with Crippen LogP contribution in [0, 0.1) is 0 Å². The number of hydrogen-bond donors (Lipinski definition) is 1. The third-order valence-electron chi connectivity index (χ3n) is 6.06. The molecule has 1 atom stereocenters. The standard InChI is InChI=1S/C23H23F3N4O/c1-16(17-7-9-20(10-8-17)30-15-27-14-28-30)29-21(31)22(11-2-3-12-22)18-5-4-6-19(13-18)23(24,25)26/h4-10,13-16H,2-3,11-12H2,1H3,(H,29,31)/t16-/m1/s1. The average Bonchev–Trinajstić information content (AvgIpc) is 3.46. The van der Waals surface area contributed by atoms with Crippen molar-refractivity contribution < 1.29 is 18.0 Å². The van der Waals surface area contributed by atoms with Gasteiger partial charge in [0, 0.05) is 0 Å². The largest absolute Gasteiger partial charge is 0.416 e. The van der Waals surface area contributed by atoms with Crippen LogP contribution in [0.1, 0.15) is 55.3 Å². The Bertz CT molecular complexity index is 1040. The lowest BCUT2D eigenvalue weighted by molar-refractivity contribution is -0.138. The van der Waals surface area contributed by atoms with E-state index in [2.05, 4.69) is 15.4 Å². The lowest BCUT2D eigenvalue weighted by atomic mass is 9.77. The molecule has 162 valence electrons. The van der Waals surface area contributed by atoms with Gasteiger partial charge in [0.2, 0.25) is 5.91 Å². The van der Waals surface area contributed by atoms with Gasteiger partial charge in [0.15, 0.2) is 0 Å². The molecule has 1 aliphatic rings. The molecule has 0 unspecified atom stereocenters. The molecule has 0 radical (unpaired) electrons. The van der Waals surface area contributed by atoms with Crippen molar-refractivity contribution in [2.24, 2.45) is 0 Å². The van der Waals surface area contributed by atoms with Crippen LogP contribution in [0.15, 0.2) is 61.2 Å². The van der Waals surface area contributed by atoms with E-state index >= 15 is 0 Å². The number of amides is 1. The maximum atomic E-state index is 13.4. The predicted octanol–water partition coefficient (Wildman–Crippen LogP) is 4.98. The van der Waals surface area contributed by atoms with Crippen molar-refractivity contribution in [2.75, 3.05) is 0 Å². The zero-order chi connectivity index (χ0) is 22.1. The van der Waals surface area contributed by atoms with E-state index in [1.54, 1.807) is 17.1 Å². The first-order valence-corrected chi connectivity index (χ1v) is 10.2. The number of carbonyl (C=O) groups is 1. The monoisotopic (exact) mass is 428 g/mol. The fourth-order valence-corrected chi connectivity index (χ4v) is 4.29. The number of hydrogen-bond acceptors (Lipinski definition) is 3. The first kappa shape index (κ1) is 21.1. The number of nitrogens with zero attached hydrogens (tertiary/aromatic N) is 3. The van der Waals surface area contributed by atoms with Gasteiger partial charge in [-0.1, -0.05) is 43.2 Å². The van der Waals surface area contributed by atoms with Gasteiger partial charge in [0.25, 0.3) is 0 Å². The van der Waals surface area contributed by atoms with E-state index in [4.69, 9.17) is 0 Å². The van der Waals surface area contributed by atoms with Crippen LogP contribution in [0.4, 0.5) is 13.2 Å². The van der Waals surface area contributed by atoms with Crippen LogP contribution in [0.5, 0.6) is 0 Å². The van der Waals surface area contributed by atoms with Gasteiger partial charge in [-0.05, 0) is 49.1 Å². The smallest absolute Gasteiger partial charge is 0.349 e. The van der Waals surface area contributed by atoms with Crippen LogP contribution < -0.4 is 5.32 Å². The highest BCUT2D eigenvalue weighted by molar-refractivity contribution is 5.89. The number of nitrogens with one attached hydrogen (secondary N) is 1. The first-order chi connectivity index (χ1) is 14.8. The van der Waals surface area contributed by atoms with Gasteiger partial charge in [-0.15, -0.1) is 0 Å². The van der Waals surface area contributed by atoms with Crippen LogP contribution in [-0.2, 0) is 16.4 Å². The SMILES string of the molecule is C[C@@H](NC(=O)C1(c2cccc(C(F)(F)F)c2)CCCC1)c1ccc(-n2cncn2)cc1. The molecule has 5 nitrogen and oxygen atoms in total. The Morgan fingerprint density at radius 1 is 1.13 bits per heavy atom. The van der Waals surface area contributed by atoms with Crippen LogP contribution in [0.2, 0.25) is 0 Å². The fourth-order valence-electron chi connectivity index (χ4n) is 4.29. The van der Waals surface area contributed by atoms with E-state index < -0.39 is 17.2 Å². The maximum Gasteiger partial charge on any atom is 0.416 e. The molecule has 8 heteroatoms. The third-order valence-corrected chi connectivity index (χ3v) is 6.06. The fraction of sp³-hybridized carbons (Fsp3) is 0.348. The van der Waals surface area contributed by atoms with Crippen LogP contribution >= 0.6 is 0 Å². The summed E-state index contributed by atoms with van der Waals surface area (Å²) < 4.78 is 41.3. The lowest BCUT2D eigenvalue weighted by Crippen LogP contribution is -2.43. The van der Waals surface area contributed by atoms with Crippen molar-refractivity contribution in [3.8, 4) is 5.69 Å². The van der Waals surface area contributed by atoms with Crippen LogP contribution in [0.3, 0.4) is 0 Å². The van der Waals surface area contributed by atoms with E-state index in [0.29, 0.717) is 18.4 Å². The van der Waals surface area contributed by atoms with Gasteiger partial charge in [-0.25, -0.2) is 9.67 Å². The van der Waals surface area contributed by atoms with E-state index in [1.807, 2.05) is 31.2 Å². The molecular formula is C23H23F3N4O. The summed E-state index contributed by atoms with van der Waals surface area (Å²) in [5, 5.41) is 7.12. The van der Waals surface area contributed by atoms with Crippen LogP contribution in [-0.4, -0.2) is 20.7 Å². The zero-order valence-electron chi connectivity index (χ0n) is 17.1. The minimum atomic E-state index is -4.44. The maximum absolute atomic E-state index is 13.4. The Morgan fingerprint density at radius 3 is 2.45 bits per heavy atom. The summed E-state index contributed by atoms with van der Waals surface area (Å²) in [7, 11) is 0. The Morgan fingerprint density at radius 2 is 1.84 bits per heavy atom. The summed E-state index contributed by atoms with van der Waals surface area (Å²) in [6.45, 7) is 1.87. The van der Waals surface area contributed by atoms with E-state index in [-0.39, 0.29) is 11.9 Å². The Labute approximate surface area is 178 Å². The summed E-state index contributed by atoms with van der Waals surface area (Å²) in [5.74, 6) is -0.225. The molecule has 2 aromatic carbocycles. The summed E-state index contributed by atoms with van der Waals surface area (Å²) in [4.78, 5) is 17.3. The van der Waals surface area contributed by atoms with E-state index in [1.165, 1.54) is 12.4 Å². The molecular weight excluding hydrogens is 405 g/mol. The van der Waals surface area contributed by atoms with E-state index in [0.717, 1.165) is 36.2 Å². The van der Waals surface area contributed by atoms with Gasteiger partial charge in [-0.3, -0.25) is 4.79 Å². The van der Waals surface area contributed by atoms with Gasteiger partial charge in [-0.2, -0.15) is 18.3 Å². The van der Waals surface area contributed by atoms with Crippen molar-refractivity contribution in [1.82, 2.24) is 20.1 Å². The van der Waals surface area contributed by atoms with E-state index in [9.17, 15) is 18.0 Å². The molecule has 0 saturated heterocycles. The third kappa shape index (κ3) is 4.19. The normalized spacial score (nSPS) is 16.8. The zero-order valence-corrected chi connectivity index (χ0v) is 17.1. The molecule has 0 spiro atoms. The van der Waals surface area contributed by atoms with Crippen molar-refractivity contribution >= 4 is 5.91 Å². The summed E-state index contributed by atoms with van der Waals surface area (Å²) in [5.41, 5.74) is 0.521. The summed E-state index contributed by atoms with van der Waals surface area (Å²) in [6, 6.07) is 12.5. The van der Waals surface area contributed by atoms with Crippen molar-refractivity contribution in [2.45, 2.75) is 50.2 Å². The lowest BCUT2D eigenvalue weighted by Gasteiger charge is -2.30. The number of alkyl halides is 3. The molecule has 1 heterocycles. The topological polar surface area (TPSA) is 59.8 Å². The van der Waals surface area contributed by atoms with Crippen LogP contribution in [0.25, 0.3) is 5.69 Å². The molecule has 1 saturated carbocycles. The number of halogens is 3. The molecule has 4 rings (SSSR count). The molecule has 3 aromatic rings. The van der Waals surface area contributed by atoms with Crippen molar-refractivity contribution in [3.05, 3.63) is 77.9 Å². The molecule has 1 aromatic heterocycles. The number of carbonyl (C=O) groups excluding carboxylic acids is 1. The molecule has 1 fully saturated rings. The molecule has 31 heavy (non-hydrogen) atoms. The highest BCUT2D eigenvalue weighted by atomic mass is 19.4. The summed E-state index contributed by atoms with van der Waals surface area (Å²) in [6.07, 6.45) is 1.31. The minimum absolute atomic E-state index is 0.225. The van der Waals surface area contributed by atoms with Crippen molar-refractivity contribution in [3.63, 3.8) is 0 Å². The van der Waals surface area contributed by atoms with Gasteiger partial charge >= 0.3 is 6.18 Å². The van der Waals surface area contributed by atoms with Gasteiger partial charge in [0.1, 0.15) is 12.7 Å². The second-order valence-corrected chi connectivity index (χ2v) is 7.99. The summed E-state index contributed by atoms with van der Waals surface area (Å²) >= 11 is 0. The van der Waals surface area contributed by atoms with Crippen molar-refractivity contribution in [1.29, 1.82) is 0 Å². The van der Waals surface area contributed by atoms with Gasteiger partial charge in [0.05, 0.1) is 22.7 Å². The molecule has 1 N–H and O–H groups in total. The Balaban J connectivity index is 1.55. The molecule has 1 aliphatic carbocycles. The molecule has 0 aliphatic heterocycles. The Kier molecular flexibility index (Phi) is 5.56. The van der Waals surface area contributed by atoms with Gasteiger partial charge < -0.3 is 5.32 Å². The number of aromatic nitrogens is 3.